The number of carbonyl (C=O) groups excluding carboxylic acids is 4. The highest BCUT2D eigenvalue weighted by atomic mass is 32.1. The third-order valence-electron chi connectivity index (χ3n) is 8.68. The maximum Gasteiger partial charge on any atom is 0.357 e. The van der Waals surface area contributed by atoms with Crippen molar-refractivity contribution >= 4 is 51.4 Å². The number of anilines is 2. The first-order valence-electron chi connectivity index (χ1n) is 14.2. The fourth-order valence-corrected chi connectivity index (χ4v) is 7.38. The number of amides is 1. The van der Waals surface area contributed by atoms with Crippen LogP contribution < -0.4 is 16.0 Å². The smallest absolute Gasteiger partial charge is 0.357 e. The zero-order valence-corrected chi connectivity index (χ0v) is 26.2. The molecule has 3 aliphatic carbocycles. The maximum absolute atomic E-state index is 14.1. The number of rotatable bonds is 8. The average molecular weight is 642 g/mol. The molecule has 1 saturated carbocycles. The normalized spacial score (nSPS) is 24.3. The Morgan fingerprint density at radius 3 is 2.49 bits per heavy atom. The Kier molecular flexibility index (Phi) is 8.14. The SMILES string of the molecule is CCOC(=O)c1csc(NCc2cc(N(C)C)c3c(c2O)C(O)=C2C(=O)C4(O)C(O)=C(C(N)=O)C(=O)C(N(C)C)C4CC2C3)n1. The first-order chi connectivity index (χ1) is 21.1. The molecule has 1 aromatic heterocycles. The van der Waals surface area contributed by atoms with Crippen LogP contribution in [0.25, 0.3) is 5.76 Å². The lowest BCUT2D eigenvalue weighted by molar-refractivity contribution is -0.153. The summed E-state index contributed by atoms with van der Waals surface area (Å²) in [6, 6.07) is 0.577. The number of esters is 1. The van der Waals surface area contributed by atoms with Crippen molar-refractivity contribution in [3.05, 3.63) is 50.7 Å². The molecule has 7 N–H and O–H groups in total. The Balaban J connectivity index is 1.60. The van der Waals surface area contributed by atoms with Crippen LogP contribution in [0.3, 0.4) is 0 Å². The number of Topliss-reactive ketones (excluding diaryl/α,β-unsaturated/α-hetero) is 2. The number of likely N-dealkylation sites (N-methyl/N-ethyl adjacent to an activating group) is 1. The van der Waals surface area contributed by atoms with Gasteiger partial charge in [-0.15, -0.1) is 11.3 Å². The molecule has 3 aliphatic rings. The molecule has 45 heavy (non-hydrogen) atoms. The molecule has 4 atom stereocenters. The number of ether oxygens (including phenoxy) is 1. The third kappa shape index (κ3) is 4.91. The number of hydrogen-bond acceptors (Lipinski definition) is 14. The van der Waals surface area contributed by atoms with E-state index in [0.29, 0.717) is 21.9 Å². The number of ketones is 2. The summed E-state index contributed by atoms with van der Waals surface area (Å²) in [6.45, 7) is 1.91. The molecule has 4 unspecified atom stereocenters. The number of phenols is 1. The number of aliphatic hydroxyl groups excluding tert-OH is 2. The lowest BCUT2D eigenvalue weighted by Crippen LogP contribution is -2.65. The molecule has 240 valence electrons. The summed E-state index contributed by atoms with van der Waals surface area (Å²) in [5.41, 5.74) is 3.23. The fourth-order valence-electron chi connectivity index (χ4n) is 6.70. The van der Waals surface area contributed by atoms with Gasteiger partial charge >= 0.3 is 5.97 Å². The Bertz CT molecular complexity index is 1690. The van der Waals surface area contributed by atoms with E-state index in [2.05, 4.69) is 10.3 Å². The molecule has 0 aliphatic heterocycles. The topological polar surface area (TPSA) is 216 Å². The van der Waals surface area contributed by atoms with Crippen molar-refractivity contribution in [1.29, 1.82) is 0 Å². The molecular formula is C30H35N5O9S. The van der Waals surface area contributed by atoms with Crippen molar-refractivity contribution in [2.75, 3.05) is 45.0 Å². The van der Waals surface area contributed by atoms with Crippen LogP contribution in [-0.2, 0) is 32.1 Å². The van der Waals surface area contributed by atoms with Crippen LogP contribution in [0, 0.1) is 11.8 Å². The van der Waals surface area contributed by atoms with E-state index in [4.69, 9.17) is 10.5 Å². The van der Waals surface area contributed by atoms with Crippen LogP contribution in [0.2, 0.25) is 0 Å². The minimum absolute atomic E-state index is 0.00442. The number of aliphatic hydroxyl groups is 3. The van der Waals surface area contributed by atoms with Gasteiger partial charge in [-0.3, -0.25) is 19.3 Å². The lowest BCUT2D eigenvalue weighted by atomic mass is 9.57. The van der Waals surface area contributed by atoms with Gasteiger partial charge < -0.3 is 41.1 Å². The number of nitrogens with two attached hydrogens (primary N) is 1. The van der Waals surface area contributed by atoms with Crippen molar-refractivity contribution in [3.8, 4) is 5.75 Å². The van der Waals surface area contributed by atoms with Crippen LogP contribution in [0.5, 0.6) is 5.75 Å². The van der Waals surface area contributed by atoms with Gasteiger partial charge in [-0.05, 0) is 51.4 Å². The second kappa shape index (κ2) is 11.5. The molecule has 1 amide bonds. The average Bonchev–Trinajstić information content (AvgIpc) is 3.43. The van der Waals surface area contributed by atoms with Gasteiger partial charge in [0.25, 0.3) is 5.91 Å². The Morgan fingerprint density at radius 1 is 1.20 bits per heavy atom. The Hall–Kier alpha value is -4.47. The molecule has 0 bridgehead atoms. The molecule has 0 saturated heterocycles. The van der Waals surface area contributed by atoms with Crippen molar-refractivity contribution < 1.29 is 44.3 Å². The Morgan fingerprint density at radius 2 is 1.89 bits per heavy atom. The zero-order valence-electron chi connectivity index (χ0n) is 25.4. The van der Waals surface area contributed by atoms with E-state index < -0.39 is 64.0 Å². The summed E-state index contributed by atoms with van der Waals surface area (Å²) in [4.78, 5) is 59.1. The second-order valence-electron chi connectivity index (χ2n) is 11.7. The van der Waals surface area contributed by atoms with E-state index in [-0.39, 0.29) is 48.6 Å². The first kappa shape index (κ1) is 31.9. The van der Waals surface area contributed by atoms with E-state index in [1.165, 1.54) is 10.3 Å². The molecule has 0 radical (unpaired) electrons. The number of aromatic hydroxyl groups is 1. The summed E-state index contributed by atoms with van der Waals surface area (Å²) in [7, 11) is 6.67. The number of phenolic OH excluding ortho intramolecular Hbond substituents is 1. The standard InChI is InChI=1S/C30H35N5O9S/c1-6-44-28(42)16-11-45-29(33-16)32-10-13-9-17(34(2)3)14-7-12-8-15-21(35(4)5)24(38)20(27(31)41)26(40)30(15,43)25(39)18(12)23(37)19(14)22(13)36/h9,11-12,15,21,36-37,40,43H,6-8,10H2,1-5H3,(H2,31,41)(H,32,33). The lowest BCUT2D eigenvalue weighted by Gasteiger charge is -2.50. The molecule has 1 aromatic carbocycles. The quantitative estimate of drug-likeness (QED) is 0.177. The van der Waals surface area contributed by atoms with Crippen LogP contribution in [-0.4, -0.2) is 100 Å². The van der Waals surface area contributed by atoms with E-state index in [1.807, 2.05) is 0 Å². The van der Waals surface area contributed by atoms with E-state index in [0.717, 1.165) is 11.3 Å². The largest absolute Gasteiger partial charge is 0.508 e. The van der Waals surface area contributed by atoms with Crippen LogP contribution in [0.1, 0.15) is 40.5 Å². The van der Waals surface area contributed by atoms with Crippen LogP contribution in [0.4, 0.5) is 10.8 Å². The zero-order chi connectivity index (χ0) is 33.1. The molecular weight excluding hydrogens is 606 g/mol. The van der Waals surface area contributed by atoms with Gasteiger partial charge in [-0.25, -0.2) is 9.78 Å². The Labute approximate surface area is 262 Å². The highest BCUT2D eigenvalue weighted by Crippen LogP contribution is 2.54. The minimum atomic E-state index is -2.72. The number of fused-ring (bicyclic) bond motifs is 3. The minimum Gasteiger partial charge on any atom is -0.508 e. The van der Waals surface area contributed by atoms with E-state index in [9.17, 15) is 39.6 Å². The summed E-state index contributed by atoms with van der Waals surface area (Å²) in [6.07, 6.45) is 0.161. The molecule has 2 aromatic rings. The summed E-state index contributed by atoms with van der Waals surface area (Å²) >= 11 is 1.16. The maximum atomic E-state index is 14.1. The predicted molar refractivity (Wildman–Crippen MR) is 164 cm³/mol. The van der Waals surface area contributed by atoms with Gasteiger partial charge in [0.15, 0.2) is 22.2 Å². The number of hydrogen-bond donors (Lipinski definition) is 6. The van der Waals surface area contributed by atoms with Gasteiger partial charge in [-0.1, -0.05) is 0 Å². The predicted octanol–water partition coefficient (Wildman–Crippen LogP) is 1.28. The molecule has 0 spiro atoms. The molecule has 1 heterocycles. The number of nitrogens with one attached hydrogen (secondary N) is 1. The molecule has 14 nitrogen and oxygen atoms in total. The number of carbonyl (C=O) groups is 4. The van der Waals surface area contributed by atoms with Crippen LogP contribution in [0.15, 0.2) is 28.4 Å². The number of thiazole rings is 1. The fraction of sp³-hybridized carbons (Fsp3) is 0.433. The van der Waals surface area contributed by atoms with Crippen molar-refractivity contribution in [3.63, 3.8) is 0 Å². The summed E-state index contributed by atoms with van der Waals surface area (Å²) in [5, 5.41) is 50.9. The number of primary amides is 1. The van der Waals surface area contributed by atoms with Gasteiger partial charge in [0.1, 0.15) is 22.8 Å². The van der Waals surface area contributed by atoms with Gasteiger partial charge in [0.2, 0.25) is 5.78 Å². The van der Waals surface area contributed by atoms with Gasteiger partial charge in [0.05, 0.1) is 18.2 Å². The number of nitrogens with zero attached hydrogens (tertiary/aromatic N) is 3. The van der Waals surface area contributed by atoms with Crippen molar-refractivity contribution in [1.82, 2.24) is 9.88 Å². The third-order valence-corrected chi connectivity index (χ3v) is 9.48. The highest BCUT2D eigenvalue weighted by molar-refractivity contribution is 7.13. The second-order valence-corrected chi connectivity index (χ2v) is 12.6. The summed E-state index contributed by atoms with van der Waals surface area (Å²) in [5.74, 6) is -7.63. The van der Waals surface area contributed by atoms with E-state index >= 15 is 0 Å². The van der Waals surface area contributed by atoms with Crippen molar-refractivity contribution in [2.24, 2.45) is 17.6 Å². The molecule has 1 fully saturated rings. The van der Waals surface area contributed by atoms with Crippen LogP contribution >= 0.6 is 11.3 Å². The number of aromatic nitrogens is 1. The summed E-state index contributed by atoms with van der Waals surface area (Å²) < 4.78 is 4.97. The van der Waals surface area contributed by atoms with E-state index in [1.54, 1.807) is 46.1 Å². The highest BCUT2D eigenvalue weighted by Gasteiger charge is 2.64. The first-order valence-corrected chi connectivity index (χ1v) is 15.1. The number of benzene rings is 1. The molecule has 5 rings (SSSR count). The van der Waals surface area contributed by atoms with Gasteiger partial charge in [0, 0.05) is 48.8 Å². The molecule has 15 heteroatoms. The monoisotopic (exact) mass is 641 g/mol. The van der Waals surface area contributed by atoms with Crippen molar-refractivity contribution in [2.45, 2.75) is 38.0 Å². The van der Waals surface area contributed by atoms with Gasteiger partial charge in [-0.2, -0.15) is 0 Å².